The van der Waals surface area contributed by atoms with Gasteiger partial charge in [-0.05, 0) is 31.6 Å². The van der Waals surface area contributed by atoms with Gasteiger partial charge in [-0.1, -0.05) is 22.9 Å². The quantitative estimate of drug-likeness (QED) is 0.741. The molecule has 1 N–H and O–H groups in total. The van der Waals surface area contributed by atoms with E-state index in [2.05, 4.69) is 28.2 Å². The van der Waals surface area contributed by atoms with E-state index in [4.69, 9.17) is 0 Å². The molecule has 2 nitrogen and oxygen atoms in total. The van der Waals surface area contributed by atoms with E-state index >= 15 is 0 Å². The fraction of sp³-hybridized carbons (Fsp3) is 0.889. The Balaban J connectivity index is 2.21. The normalized spacial score (nSPS) is 21.6. The van der Waals surface area contributed by atoms with Crippen molar-refractivity contribution in [1.82, 2.24) is 5.32 Å². The summed E-state index contributed by atoms with van der Waals surface area (Å²) in [7, 11) is 0. The van der Waals surface area contributed by atoms with Crippen molar-refractivity contribution in [3.63, 3.8) is 0 Å². The first kappa shape index (κ1) is 10.0. The van der Waals surface area contributed by atoms with E-state index in [-0.39, 0.29) is 10.7 Å². The van der Waals surface area contributed by atoms with Crippen LogP contribution >= 0.6 is 15.9 Å². The molecular weight excluding hydrogens is 218 g/mol. The van der Waals surface area contributed by atoms with Crippen molar-refractivity contribution in [3.05, 3.63) is 0 Å². The van der Waals surface area contributed by atoms with Crippen LogP contribution < -0.4 is 5.32 Å². The van der Waals surface area contributed by atoms with E-state index in [0.717, 1.165) is 6.54 Å². The maximum atomic E-state index is 11.2. The maximum Gasteiger partial charge on any atom is 0.233 e. The first-order valence-electron chi connectivity index (χ1n) is 4.51. The summed E-state index contributed by atoms with van der Waals surface area (Å²) in [6.45, 7) is 4.90. The molecule has 1 amide bonds. The molecule has 3 heteroatoms. The highest BCUT2D eigenvalue weighted by atomic mass is 79.9. The molecule has 0 heterocycles. The smallest absolute Gasteiger partial charge is 0.233 e. The van der Waals surface area contributed by atoms with Crippen LogP contribution in [0.5, 0.6) is 0 Å². The average molecular weight is 234 g/mol. The summed E-state index contributed by atoms with van der Waals surface area (Å²) in [5.74, 6) is 0.106. The van der Waals surface area contributed by atoms with E-state index in [1.807, 2.05) is 6.92 Å². The molecule has 1 aliphatic rings. The summed E-state index contributed by atoms with van der Waals surface area (Å²) in [6, 6.07) is 0. The van der Waals surface area contributed by atoms with Crippen LogP contribution in [0.2, 0.25) is 0 Å². The minimum Gasteiger partial charge on any atom is -0.355 e. The minimum atomic E-state index is -0.0647. The van der Waals surface area contributed by atoms with Crippen molar-refractivity contribution in [1.29, 1.82) is 0 Å². The summed E-state index contributed by atoms with van der Waals surface area (Å²) in [6.07, 6.45) is 3.74. The van der Waals surface area contributed by atoms with Crippen LogP contribution in [0, 0.1) is 5.41 Å². The highest BCUT2D eigenvalue weighted by molar-refractivity contribution is 9.10. The number of halogens is 1. The molecular formula is C9H16BrNO. The van der Waals surface area contributed by atoms with Crippen molar-refractivity contribution in [3.8, 4) is 0 Å². The number of nitrogens with one attached hydrogen (secondary N) is 1. The van der Waals surface area contributed by atoms with Crippen LogP contribution in [-0.4, -0.2) is 17.3 Å². The third-order valence-electron chi connectivity index (χ3n) is 2.71. The van der Waals surface area contributed by atoms with Gasteiger partial charge in [-0.3, -0.25) is 4.79 Å². The summed E-state index contributed by atoms with van der Waals surface area (Å²) in [5, 5.41) is 2.95. The number of rotatable bonds is 4. The van der Waals surface area contributed by atoms with Gasteiger partial charge in [0, 0.05) is 6.54 Å². The van der Waals surface area contributed by atoms with Crippen LogP contribution in [-0.2, 0) is 4.79 Å². The maximum absolute atomic E-state index is 11.2. The zero-order chi connectivity index (χ0) is 9.19. The average Bonchev–Trinajstić information content (AvgIpc) is 2.81. The lowest BCUT2D eigenvalue weighted by Gasteiger charge is -2.13. The lowest BCUT2D eigenvalue weighted by atomic mass is 10.0. The molecule has 0 radical (unpaired) electrons. The second-order valence-electron chi connectivity index (χ2n) is 3.69. The molecule has 0 spiro atoms. The molecule has 0 bridgehead atoms. The number of amides is 1. The van der Waals surface area contributed by atoms with Crippen molar-refractivity contribution in [2.75, 3.05) is 6.54 Å². The monoisotopic (exact) mass is 233 g/mol. The number of alkyl halides is 1. The molecule has 0 aliphatic heterocycles. The van der Waals surface area contributed by atoms with E-state index < -0.39 is 0 Å². The van der Waals surface area contributed by atoms with Gasteiger partial charge in [-0.25, -0.2) is 0 Å². The summed E-state index contributed by atoms with van der Waals surface area (Å²) in [5.41, 5.74) is 0.456. The highest BCUT2D eigenvalue weighted by Gasteiger charge is 2.40. The molecule has 12 heavy (non-hydrogen) atoms. The van der Waals surface area contributed by atoms with Gasteiger partial charge in [0.2, 0.25) is 5.91 Å². The van der Waals surface area contributed by atoms with Crippen LogP contribution in [0.1, 0.15) is 33.1 Å². The molecule has 1 saturated carbocycles. The molecule has 0 aromatic heterocycles. The van der Waals surface area contributed by atoms with E-state index in [0.29, 0.717) is 5.41 Å². The Morgan fingerprint density at radius 2 is 2.25 bits per heavy atom. The molecule has 1 rings (SSSR count). The molecule has 1 atom stereocenters. The van der Waals surface area contributed by atoms with Crippen LogP contribution in [0.3, 0.4) is 0 Å². The summed E-state index contributed by atoms with van der Waals surface area (Å²) >= 11 is 3.24. The highest BCUT2D eigenvalue weighted by Crippen LogP contribution is 2.47. The predicted molar refractivity (Wildman–Crippen MR) is 53.4 cm³/mol. The lowest BCUT2D eigenvalue weighted by Crippen LogP contribution is -2.34. The Bertz CT molecular complexity index is 175. The Morgan fingerprint density at radius 3 is 2.58 bits per heavy atom. The Kier molecular flexibility index (Phi) is 3.16. The van der Waals surface area contributed by atoms with Gasteiger partial charge < -0.3 is 5.32 Å². The first-order chi connectivity index (χ1) is 5.59. The first-order valence-corrected chi connectivity index (χ1v) is 5.43. The number of carbonyl (C=O) groups is 1. The number of hydrogen-bond donors (Lipinski definition) is 1. The Labute approximate surface area is 82.2 Å². The predicted octanol–water partition coefficient (Wildman–Crippen LogP) is 2.08. The molecule has 1 unspecified atom stereocenters. The zero-order valence-electron chi connectivity index (χ0n) is 7.69. The van der Waals surface area contributed by atoms with Gasteiger partial charge in [-0.15, -0.1) is 0 Å². The van der Waals surface area contributed by atoms with Gasteiger partial charge in [0.1, 0.15) is 0 Å². The Morgan fingerprint density at radius 1 is 1.67 bits per heavy atom. The topological polar surface area (TPSA) is 29.1 Å². The van der Waals surface area contributed by atoms with Gasteiger partial charge in [0.25, 0.3) is 0 Å². The summed E-state index contributed by atoms with van der Waals surface area (Å²) < 4.78 is 0. The van der Waals surface area contributed by atoms with E-state index in [1.54, 1.807) is 0 Å². The second kappa shape index (κ2) is 3.77. The van der Waals surface area contributed by atoms with Crippen LogP contribution in [0.15, 0.2) is 0 Å². The molecule has 70 valence electrons. The summed E-state index contributed by atoms with van der Waals surface area (Å²) in [4.78, 5) is 11.1. The SMILES string of the molecule is CCC1(CNC(=O)C(C)Br)CC1. The molecule has 0 saturated heterocycles. The van der Waals surface area contributed by atoms with E-state index in [9.17, 15) is 4.79 Å². The van der Waals surface area contributed by atoms with Gasteiger partial charge in [0.05, 0.1) is 4.83 Å². The van der Waals surface area contributed by atoms with Crippen molar-refractivity contribution < 1.29 is 4.79 Å². The minimum absolute atomic E-state index is 0.0647. The van der Waals surface area contributed by atoms with Crippen molar-refractivity contribution >= 4 is 21.8 Å². The molecule has 0 aromatic rings. The Hall–Kier alpha value is -0.0500. The van der Waals surface area contributed by atoms with Gasteiger partial charge in [0.15, 0.2) is 0 Å². The lowest BCUT2D eigenvalue weighted by molar-refractivity contribution is -0.120. The van der Waals surface area contributed by atoms with Crippen LogP contribution in [0.4, 0.5) is 0 Å². The van der Waals surface area contributed by atoms with E-state index in [1.165, 1.54) is 19.3 Å². The molecule has 0 aromatic carbocycles. The van der Waals surface area contributed by atoms with Crippen LogP contribution in [0.25, 0.3) is 0 Å². The number of carbonyl (C=O) groups excluding carboxylic acids is 1. The zero-order valence-corrected chi connectivity index (χ0v) is 9.28. The fourth-order valence-electron chi connectivity index (χ4n) is 1.25. The number of hydrogen-bond acceptors (Lipinski definition) is 1. The third-order valence-corrected chi connectivity index (χ3v) is 3.12. The van der Waals surface area contributed by atoms with Gasteiger partial charge in [-0.2, -0.15) is 0 Å². The third kappa shape index (κ3) is 2.47. The van der Waals surface area contributed by atoms with Gasteiger partial charge >= 0.3 is 0 Å². The van der Waals surface area contributed by atoms with Crippen molar-refractivity contribution in [2.24, 2.45) is 5.41 Å². The standard InChI is InChI=1S/C9H16BrNO/c1-3-9(4-5-9)6-11-8(12)7(2)10/h7H,3-6H2,1-2H3,(H,11,12). The second-order valence-corrected chi connectivity index (χ2v) is 5.06. The largest absolute Gasteiger partial charge is 0.355 e. The molecule has 1 fully saturated rings. The van der Waals surface area contributed by atoms with Crippen molar-refractivity contribution in [2.45, 2.75) is 37.9 Å². The fourth-order valence-corrected chi connectivity index (χ4v) is 1.41. The molecule has 1 aliphatic carbocycles.